The van der Waals surface area contributed by atoms with Crippen LogP contribution in [0.2, 0.25) is 5.02 Å². The van der Waals surface area contributed by atoms with E-state index in [1.807, 2.05) is 31.3 Å². The van der Waals surface area contributed by atoms with Crippen LogP contribution in [0.5, 0.6) is 0 Å². The van der Waals surface area contributed by atoms with Gasteiger partial charge in [0.05, 0.1) is 16.1 Å². The third-order valence-corrected chi connectivity index (χ3v) is 5.74. The predicted octanol–water partition coefficient (Wildman–Crippen LogP) is 3.54. The average Bonchev–Trinajstić information content (AvgIpc) is 3.37. The smallest absolute Gasteiger partial charge is 0.252 e. The lowest BCUT2D eigenvalue weighted by molar-refractivity contribution is 0.0953. The number of hydrogen-bond donors (Lipinski definition) is 3. The Hall–Kier alpha value is -2.22. The van der Waals surface area contributed by atoms with E-state index in [4.69, 9.17) is 11.6 Å². The van der Waals surface area contributed by atoms with Gasteiger partial charge in [0, 0.05) is 34.8 Å². The minimum absolute atomic E-state index is 0.0179. The maximum Gasteiger partial charge on any atom is 0.252 e. The van der Waals surface area contributed by atoms with E-state index in [-0.39, 0.29) is 5.91 Å². The summed E-state index contributed by atoms with van der Waals surface area (Å²) < 4.78 is 1.04. The SMILES string of the molecule is CNCCNc1ncc(Cl)c(-c2cc3c(C(=O)NC4CC4)cccc3s2)n1. The number of thiophene rings is 1. The molecule has 1 amide bonds. The number of likely N-dealkylation sites (N-methyl/N-ethyl adjacent to an activating group) is 1. The Morgan fingerprint density at radius 1 is 1.33 bits per heavy atom. The maximum absolute atomic E-state index is 12.5. The van der Waals surface area contributed by atoms with Crippen LogP contribution in [0.4, 0.5) is 5.95 Å². The summed E-state index contributed by atoms with van der Waals surface area (Å²) in [6, 6.07) is 8.11. The van der Waals surface area contributed by atoms with Crippen molar-refractivity contribution in [2.45, 2.75) is 18.9 Å². The van der Waals surface area contributed by atoms with Crippen LogP contribution in [0.3, 0.4) is 0 Å². The molecule has 2 heterocycles. The van der Waals surface area contributed by atoms with Crippen LogP contribution in [-0.4, -0.2) is 42.1 Å². The van der Waals surface area contributed by atoms with Crippen LogP contribution in [0, 0.1) is 0 Å². The van der Waals surface area contributed by atoms with Gasteiger partial charge in [-0.15, -0.1) is 11.3 Å². The third kappa shape index (κ3) is 4.05. The Balaban J connectivity index is 1.67. The quantitative estimate of drug-likeness (QED) is 0.528. The minimum Gasteiger partial charge on any atom is -0.353 e. The number of amides is 1. The Morgan fingerprint density at radius 3 is 2.96 bits per heavy atom. The maximum atomic E-state index is 12.5. The zero-order valence-electron chi connectivity index (χ0n) is 14.9. The summed E-state index contributed by atoms with van der Waals surface area (Å²) in [6.07, 6.45) is 3.74. The molecule has 0 radical (unpaired) electrons. The lowest BCUT2D eigenvalue weighted by atomic mass is 10.1. The zero-order chi connectivity index (χ0) is 18.8. The number of hydrogen-bond acceptors (Lipinski definition) is 6. The number of nitrogens with one attached hydrogen (secondary N) is 3. The van der Waals surface area contributed by atoms with Crippen LogP contribution in [0.15, 0.2) is 30.5 Å². The summed E-state index contributed by atoms with van der Waals surface area (Å²) >= 11 is 7.93. The second-order valence-corrected chi connectivity index (χ2v) is 7.99. The van der Waals surface area contributed by atoms with Gasteiger partial charge in [0.1, 0.15) is 5.69 Å². The summed E-state index contributed by atoms with van der Waals surface area (Å²) in [4.78, 5) is 22.3. The summed E-state index contributed by atoms with van der Waals surface area (Å²) in [5, 5.41) is 10.7. The standard InChI is InChI=1S/C19H20ClN5OS/c1-21-7-8-22-19-23-10-14(20)17(25-19)16-9-13-12(3-2-4-15(13)27-16)18(26)24-11-5-6-11/h2-4,9-11,21H,5-8H2,1H3,(H,24,26)(H,22,23,25). The molecule has 0 atom stereocenters. The van der Waals surface area contributed by atoms with Gasteiger partial charge in [0.2, 0.25) is 5.95 Å². The van der Waals surface area contributed by atoms with E-state index in [0.29, 0.717) is 28.3 Å². The summed E-state index contributed by atoms with van der Waals surface area (Å²) in [7, 11) is 1.89. The van der Waals surface area contributed by atoms with Gasteiger partial charge in [0.15, 0.2) is 0 Å². The molecule has 0 aliphatic heterocycles. The number of aromatic nitrogens is 2. The fourth-order valence-electron chi connectivity index (χ4n) is 2.79. The number of benzene rings is 1. The highest BCUT2D eigenvalue weighted by Crippen LogP contribution is 2.37. The molecule has 4 rings (SSSR count). The molecule has 0 bridgehead atoms. The molecule has 1 aliphatic rings. The van der Waals surface area contributed by atoms with Crippen LogP contribution < -0.4 is 16.0 Å². The second kappa shape index (κ2) is 7.80. The first-order valence-corrected chi connectivity index (χ1v) is 10.1. The summed E-state index contributed by atoms with van der Waals surface area (Å²) in [5.41, 5.74) is 1.37. The number of rotatable bonds is 7. The second-order valence-electron chi connectivity index (χ2n) is 6.50. The Morgan fingerprint density at radius 2 is 2.19 bits per heavy atom. The Labute approximate surface area is 166 Å². The fourth-order valence-corrected chi connectivity index (χ4v) is 4.13. The molecule has 3 N–H and O–H groups in total. The van der Waals surface area contributed by atoms with Crippen LogP contribution in [0.1, 0.15) is 23.2 Å². The molecule has 0 unspecified atom stereocenters. The molecular weight excluding hydrogens is 382 g/mol. The van der Waals surface area contributed by atoms with Gasteiger partial charge in [0.25, 0.3) is 5.91 Å². The van der Waals surface area contributed by atoms with E-state index < -0.39 is 0 Å². The van der Waals surface area contributed by atoms with Crippen molar-refractivity contribution in [3.63, 3.8) is 0 Å². The zero-order valence-corrected chi connectivity index (χ0v) is 16.5. The van der Waals surface area contributed by atoms with Crippen LogP contribution in [0.25, 0.3) is 20.7 Å². The molecule has 8 heteroatoms. The molecule has 2 aromatic heterocycles. The van der Waals surface area contributed by atoms with Crippen molar-refractivity contribution in [3.05, 3.63) is 41.0 Å². The molecule has 1 aromatic carbocycles. The first-order valence-electron chi connectivity index (χ1n) is 8.90. The van der Waals surface area contributed by atoms with Gasteiger partial charge >= 0.3 is 0 Å². The number of halogens is 1. The Bertz CT molecular complexity index is 985. The summed E-state index contributed by atoms with van der Waals surface area (Å²) in [6.45, 7) is 1.53. The normalized spacial score (nSPS) is 13.7. The number of nitrogens with zero attached hydrogens (tertiary/aromatic N) is 2. The number of fused-ring (bicyclic) bond motifs is 1. The highest BCUT2D eigenvalue weighted by molar-refractivity contribution is 7.22. The monoisotopic (exact) mass is 401 g/mol. The Kier molecular flexibility index (Phi) is 5.24. The third-order valence-electron chi connectivity index (χ3n) is 4.35. The molecular formula is C19H20ClN5OS. The molecule has 6 nitrogen and oxygen atoms in total. The number of carbonyl (C=O) groups is 1. The first kappa shape index (κ1) is 18.2. The molecule has 27 heavy (non-hydrogen) atoms. The molecule has 140 valence electrons. The molecule has 1 fully saturated rings. The molecule has 3 aromatic rings. The van der Waals surface area contributed by atoms with E-state index in [1.54, 1.807) is 17.5 Å². The molecule has 0 spiro atoms. The van der Waals surface area contributed by atoms with E-state index in [9.17, 15) is 4.79 Å². The van der Waals surface area contributed by atoms with Gasteiger partial charge in [-0.1, -0.05) is 17.7 Å². The predicted molar refractivity (Wildman–Crippen MR) is 111 cm³/mol. The largest absolute Gasteiger partial charge is 0.353 e. The van der Waals surface area contributed by atoms with Crippen LogP contribution in [-0.2, 0) is 0 Å². The molecule has 0 saturated heterocycles. The van der Waals surface area contributed by atoms with Crippen LogP contribution >= 0.6 is 22.9 Å². The highest BCUT2D eigenvalue weighted by Gasteiger charge is 2.25. The van der Waals surface area contributed by atoms with Crippen molar-refractivity contribution in [1.29, 1.82) is 0 Å². The van der Waals surface area contributed by atoms with Gasteiger partial charge in [-0.25, -0.2) is 9.97 Å². The number of carbonyl (C=O) groups excluding carboxylic acids is 1. The van der Waals surface area contributed by atoms with Gasteiger partial charge in [-0.2, -0.15) is 0 Å². The van der Waals surface area contributed by atoms with Crippen molar-refractivity contribution in [1.82, 2.24) is 20.6 Å². The van der Waals surface area contributed by atoms with Crippen molar-refractivity contribution in [3.8, 4) is 10.6 Å². The lowest BCUT2D eigenvalue weighted by Crippen LogP contribution is -2.25. The van der Waals surface area contributed by atoms with Crippen molar-refractivity contribution >= 4 is 44.9 Å². The lowest BCUT2D eigenvalue weighted by Gasteiger charge is -2.06. The van der Waals surface area contributed by atoms with Gasteiger partial charge in [-0.05, 0) is 38.1 Å². The van der Waals surface area contributed by atoms with E-state index in [0.717, 1.165) is 40.9 Å². The summed E-state index contributed by atoms with van der Waals surface area (Å²) in [5.74, 6) is 0.518. The molecule has 1 aliphatic carbocycles. The first-order chi connectivity index (χ1) is 13.2. The number of anilines is 1. The van der Waals surface area contributed by atoms with E-state index in [2.05, 4.69) is 25.9 Å². The average molecular weight is 402 g/mol. The minimum atomic E-state index is -0.0179. The van der Waals surface area contributed by atoms with E-state index in [1.165, 1.54) is 0 Å². The molecule has 1 saturated carbocycles. The van der Waals surface area contributed by atoms with Gasteiger partial charge in [-0.3, -0.25) is 4.79 Å². The van der Waals surface area contributed by atoms with E-state index >= 15 is 0 Å². The van der Waals surface area contributed by atoms with Crippen molar-refractivity contribution in [2.75, 3.05) is 25.5 Å². The van der Waals surface area contributed by atoms with Crippen molar-refractivity contribution in [2.24, 2.45) is 0 Å². The van der Waals surface area contributed by atoms with Crippen molar-refractivity contribution < 1.29 is 4.79 Å². The highest BCUT2D eigenvalue weighted by atomic mass is 35.5. The van der Waals surface area contributed by atoms with Gasteiger partial charge < -0.3 is 16.0 Å². The fraction of sp³-hybridized carbons (Fsp3) is 0.316. The topological polar surface area (TPSA) is 78.9 Å².